The Balaban J connectivity index is 1.71. The highest BCUT2D eigenvalue weighted by atomic mass is 15.2. The first-order valence-corrected chi connectivity index (χ1v) is 7.24. The smallest absolute Gasteiger partial charge is 0.0234 e. The third kappa shape index (κ3) is 2.12. The minimum Gasteiger partial charge on any atom is -0.298 e. The number of fused-ring (bicyclic) bond motifs is 1. The first-order valence-electron chi connectivity index (χ1n) is 7.24. The first kappa shape index (κ1) is 12.0. The predicted molar refractivity (Wildman–Crippen MR) is 76.3 cm³/mol. The topological polar surface area (TPSA) is 3.24 Å². The molecule has 1 nitrogen and oxygen atoms in total. The van der Waals surface area contributed by atoms with Crippen molar-refractivity contribution in [3.05, 3.63) is 48.0 Å². The summed E-state index contributed by atoms with van der Waals surface area (Å²) in [5.74, 6) is 0.885. The van der Waals surface area contributed by atoms with E-state index >= 15 is 0 Å². The molecule has 0 aromatic heterocycles. The van der Waals surface area contributed by atoms with Gasteiger partial charge in [-0.2, -0.15) is 0 Å². The Bertz CT molecular complexity index is 422. The maximum Gasteiger partial charge on any atom is 0.0234 e. The number of nitrogens with zero attached hydrogens (tertiary/aromatic N) is 1. The fourth-order valence-electron chi connectivity index (χ4n) is 3.79. The second-order valence-corrected chi connectivity index (χ2v) is 5.98. The maximum absolute atomic E-state index is 2.66. The molecule has 1 saturated heterocycles. The lowest BCUT2D eigenvalue weighted by atomic mass is 9.69. The van der Waals surface area contributed by atoms with E-state index in [0.29, 0.717) is 5.41 Å². The lowest BCUT2D eigenvalue weighted by Crippen LogP contribution is -2.30. The van der Waals surface area contributed by atoms with E-state index in [1.54, 1.807) is 0 Å². The molecule has 1 aliphatic carbocycles. The zero-order valence-electron chi connectivity index (χ0n) is 11.3. The highest BCUT2D eigenvalue weighted by Gasteiger charge is 2.44. The third-order valence-electron chi connectivity index (χ3n) is 4.95. The van der Waals surface area contributed by atoms with Gasteiger partial charge in [0.25, 0.3) is 0 Å². The third-order valence-corrected chi connectivity index (χ3v) is 4.95. The minimum absolute atomic E-state index is 0.573. The molecule has 0 spiro atoms. The zero-order chi connectivity index (χ0) is 12.4. The van der Waals surface area contributed by atoms with Gasteiger partial charge in [0.15, 0.2) is 0 Å². The number of allylic oxidation sites excluding steroid dienone is 2. The number of hydrogen-bond donors (Lipinski definition) is 0. The second-order valence-electron chi connectivity index (χ2n) is 5.98. The van der Waals surface area contributed by atoms with Gasteiger partial charge >= 0.3 is 0 Å². The molecule has 0 N–H and O–H groups in total. The van der Waals surface area contributed by atoms with Gasteiger partial charge in [-0.15, -0.1) is 0 Å². The average Bonchev–Trinajstić information content (AvgIpc) is 2.78. The first-order chi connectivity index (χ1) is 8.82. The molecule has 2 atom stereocenters. The summed E-state index contributed by atoms with van der Waals surface area (Å²) in [6, 6.07) is 10.9. The molecular weight excluding hydrogens is 218 g/mol. The van der Waals surface area contributed by atoms with Gasteiger partial charge in [0.05, 0.1) is 0 Å². The van der Waals surface area contributed by atoms with Crippen molar-refractivity contribution in [3.63, 3.8) is 0 Å². The van der Waals surface area contributed by atoms with Crippen LogP contribution in [-0.2, 0) is 6.54 Å². The summed E-state index contributed by atoms with van der Waals surface area (Å²) in [4.78, 5) is 2.66. The van der Waals surface area contributed by atoms with Crippen LogP contribution in [0.4, 0.5) is 0 Å². The molecule has 1 aliphatic heterocycles. The Hall–Kier alpha value is -1.08. The highest BCUT2D eigenvalue weighted by Crippen LogP contribution is 2.46. The molecule has 1 heterocycles. The van der Waals surface area contributed by atoms with E-state index < -0.39 is 0 Å². The molecule has 0 bridgehead atoms. The van der Waals surface area contributed by atoms with Crippen LogP contribution in [0.2, 0.25) is 0 Å². The van der Waals surface area contributed by atoms with Gasteiger partial charge in [0.2, 0.25) is 0 Å². The van der Waals surface area contributed by atoms with E-state index in [9.17, 15) is 0 Å². The van der Waals surface area contributed by atoms with Crippen molar-refractivity contribution < 1.29 is 0 Å². The molecule has 1 aromatic rings. The van der Waals surface area contributed by atoms with E-state index in [0.717, 1.165) is 12.5 Å². The van der Waals surface area contributed by atoms with Crippen LogP contribution in [0.15, 0.2) is 42.5 Å². The van der Waals surface area contributed by atoms with E-state index in [-0.39, 0.29) is 0 Å². The Morgan fingerprint density at radius 1 is 1.22 bits per heavy atom. The minimum atomic E-state index is 0.573. The highest BCUT2D eigenvalue weighted by molar-refractivity contribution is 5.16. The Morgan fingerprint density at radius 3 is 2.78 bits per heavy atom. The van der Waals surface area contributed by atoms with E-state index in [1.165, 1.54) is 37.9 Å². The SMILES string of the molecule is CCC12CC=CC[C@H]1CN(Cc1ccccc1)C2. The summed E-state index contributed by atoms with van der Waals surface area (Å²) < 4.78 is 0. The summed E-state index contributed by atoms with van der Waals surface area (Å²) >= 11 is 0. The Kier molecular flexibility index (Phi) is 3.25. The molecular formula is C17H23N. The van der Waals surface area contributed by atoms with Crippen LogP contribution in [-0.4, -0.2) is 18.0 Å². The van der Waals surface area contributed by atoms with Crippen molar-refractivity contribution in [1.29, 1.82) is 0 Å². The van der Waals surface area contributed by atoms with Crippen LogP contribution < -0.4 is 0 Å². The van der Waals surface area contributed by atoms with Crippen LogP contribution in [0.25, 0.3) is 0 Å². The van der Waals surface area contributed by atoms with Crippen LogP contribution >= 0.6 is 0 Å². The van der Waals surface area contributed by atoms with Crippen molar-refractivity contribution in [1.82, 2.24) is 4.90 Å². The number of likely N-dealkylation sites (tertiary alicyclic amines) is 1. The molecule has 1 heteroatoms. The van der Waals surface area contributed by atoms with Crippen molar-refractivity contribution in [3.8, 4) is 0 Å². The maximum atomic E-state index is 2.66. The second kappa shape index (κ2) is 4.89. The molecule has 1 fully saturated rings. The monoisotopic (exact) mass is 241 g/mol. The summed E-state index contributed by atoms with van der Waals surface area (Å²) in [5.41, 5.74) is 2.03. The number of hydrogen-bond acceptors (Lipinski definition) is 1. The van der Waals surface area contributed by atoms with E-state index in [1.807, 2.05) is 0 Å². The molecule has 1 aromatic carbocycles. The lowest BCUT2D eigenvalue weighted by Gasteiger charge is -2.35. The molecule has 2 aliphatic rings. The van der Waals surface area contributed by atoms with Gasteiger partial charge < -0.3 is 0 Å². The molecule has 0 amide bonds. The average molecular weight is 241 g/mol. The standard InChI is InChI=1S/C17H23N/c1-2-17-11-7-6-10-16(17)13-18(14-17)12-15-8-4-3-5-9-15/h3-9,16H,2,10-14H2,1H3/t16-,17?/m0/s1. The van der Waals surface area contributed by atoms with Gasteiger partial charge in [-0.25, -0.2) is 0 Å². The fourth-order valence-corrected chi connectivity index (χ4v) is 3.79. The van der Waals surface area contributed by atoms with Gasteiger partial charge in [-0.3, -0.25) is 4.90 Å². The number of rotatable bonds is 3. The van der Waals surface area contributed by atoms with Crippen molar-refractivity contribution in [2.75, 3.05) is 13.1 Å². The summed E-state index contributed by atoms with van der Waals surface area (Å²) in [6.45, 7) is 6.07. The molecule has 3 rings (SSSR count). The molecule has 0 radical (unpaired) electrons. The van der Waals surface area contributed by atoms with E-state index in [2.05, 4.69) is 54.3 Å². The number of benzene rings is 1. The van der Waals surface area contributed by atoms with Crippen LogP contribution in [0, 0.1) is 11.3 Å². The molecule has 96 valence electrons. The van der Waals surface area contributed by atoms with Crippen LogP contribution in [0.5, 0.6) is 0 Å². The summed E-state index contributed by atoms with van der Waals surface area (Å²) in [7, 11) is 0. The Morgan fingerprint density at radius 2 is 2.06 bits per heavy atom. The molecule has 18 heavy (non-hydrogen) atoms. The molecule has 0 saturated carbocycles. The van der Waals surface area contributed by atoms with Crippen molar-refractivity contribution >= 4 is 0 Å². The van der Waals surface area contributed by atoms with Crippen molar-refractivity contribution in [2.24, 2.45) is 11.3 Å². The van der Waals surface area contributed by atoms with Gasteiger partial charge in [-0.1, -0.05) is 49.4 Å². The van der Waals surface area contributed by atoms with Gasteiger partial charge in [0, 0.05) is 19.6 Å². The fraction of sp³-hybridized carbons (Fsp3) is 0.529. The Labute approximate surface area is 111 Å². The lowest BCUT2D eigenvalue weighted by molar-refractivity contribution is 0.197. The molecule has 1 unspecified atom stereocenters. The summed E-state index contributed by atoms with van der Waals surface area (Å²) in [6.07, 6.45) is 8.71. The van der Waals surface area contributed by atoms with Gasteiger partial charge in [-0.05, 0) is 36.2 Å². The van der Waals surface area contributed by atoms with Crippen LogP contribution in [0.1, 0.15) is 31.7 Å². The van der Waals surface area contributed by atoms with Crippen molar-refractivity contribution in [2.45, 2.75) is 32.7 Å². The predicted octanol–water partition coefficient (Wildman–Crippen LogP) is 3.86. The quantitative estimate of drug-likeness (QED) is 0.726. The van der Waals surface area contributed by atoms with Gasteiger partial charge in [0.1, 0.15) is 0 Å². The normalized spacial score (nSPS) is 31.5. The summed E-state index contributed by atoms with van der Waals surface area (Å²) in [5, 5.41) is 0. The van der Waals surface area contributed by atoms with Crippen LogP contribution in [0.3, 0.4) is 0 Å². The zero-order valence-corrected chi connectivity index (χ0v) is 11.3. The van der Waals surface area contributed by atoms with E-state index in [4.69, 9.17) is 0 Å². The largest absolute Gasteiger partial charge is 0.298 e.